The van der Waals surface area contributed by atoms with Crippen molar-refractivity contribution in [3.63, 3.8) is 0 Å². The number of rotatable bonds is 17. The third-order valence-corrected chi connectivity index (χ3v) is 11.2. The SMILES string of the molecule is COCc1nc(CN2CCN([C@H](C(=O)N[C@@H](Cc3ccccc3)[C@@H](O)CN(CC(C)C)S(=O)(=O)c3ccc(OC)cc3)C(C)(C)C)C2=O)cs1. The van der Waals surface area contributed by atoms with Gasteiger partial charge in [0.15, 0.2) is 0 Å². The highest BCUT2D eigenvalue weighted by Gasteiger charge is 2.44. The molecule has 50 heavy (non-hydrogen) atoms. The summed E-state index contributed by atoms with van der Waals surface area (Å²) in [6.07, 6.45) is -1.03. The van der Waals surface area contributed by atoms with E-state index in [0.29, 0.717) is 32.0 Å². The van der Waals surface area contributed by atoms with Gasteiger partial charge in [0, 0.05) is 38.7 Å². The van der Waals surface area contributed by atoms with E-state index >= 15 is 0 Å². The predicted octanol–water partition coefficient (Wildman–Crippen LogP) is 4.39. The van der Waals surface area contributed by atoms with Crippen LogP contribution in [0.1, 0.15) is 50.9 Å². The lowest BCUT2D eigenvalue weighted by atomic mass is 9.84. The number of hydrogen-bond acceptors (Lipinski definition) is 9. The number of aromatic nitrogens is 1. The summed E-state index contributed by atoms with van der Waals surface area (Å²) in [5, 5.41) is 17.6. The fourth-order valence-corrected chi connectivity index (χ4v) is 8.50. The minimum absolute atomic E-state index is 0.0392. The van der Waals surface area contributed by atoms with E-state index in [2.05, 4.69) is 10.3 Å². The molecule has 1 fully saturated rings. The molecule has 12 nitrogen and oxygen atoms in total. The number of amides is 3. The van der Waals surface area contributed by atoms with Gasteiger partial charge >= 0.3 is 6.03 Å². The van der Waals surface area contributed by atoms with E-state index < -0.39 is 39.5 Å². The van der Waals surface area contributed by atoms with Gasteiger partial charge < -0.3 is 29.7 Å². The second-order valence-corrected chi connectivity index (χ2v) is 17.0. The number of aliphatic hydroxyl groups excluding tert-OH is 1. The Morgan fingerprint density at radius 1 is 1.06 bits per heavy atom. The van der Waals surface area contributed by atoms with Crippen molar-refractivity contribution >= 4 is 33.3 Å². The van der Waals surface area contributed by atoms with Gasteiger partial charge in [0.05, 0.1) is 43.0 Å². The molecule has 14 heteroatoms. The molecule has 274 valence electrons. The molecule has 3 amide bonds. The lowest BCUT2D eigenvalue weighted by molar-refractivity contribution is -0.130. The Bertz CT molecular complexity index is 1660. The van der Waals surface area contributed by atoms with Crippen LogP contribution in [-0.4, -0.2) is 103 Å². The molecule has 0 spiro atoms. The highest BCUT2D eigenvalue weighted by molar-refractivity contribution is 7.89. The van der Waals surface area contributed by atoms with Crippen LogP contribution in [-0.2, 0) is 39.1 Å². The number of carbonyl (C=O) groups excluding carboxylic acids is 2. The molecule has 1 aliphatic heterocycles. The number of nitrogens with one attached hydrogen (secondary N) is 1. The summed E-state index contributed by atoms with van der Waals surface area (Å²) < 4.78 is 39.4. The van der Waals surface area contributed by atoms with E-state index in [9.17, 15) is 23.1 Å². The lowest BCUT2D eigenvalue weighted by Crippen LogP contribution is -2.59. The van der Waals surface area contributed by atoms with Crippen molar-refractivity contribution in [2.45, 2.75) is 77.3 Å². The molecule has 0 radical (unpaired) electrons. The van der Waals surface area contributed by atoms with E-state index in [1.54, 1.807) is 29.0 Å². The molecule has 2 aromatic carbocycles. The van der Waals surface area contributed by atoms with E-state index in [0.717, 1.165) is 16.3 Å². The van der Waals surface area contributed by atoms with E-state index in [-0.39, 0.29) is 36.4 Å². The molecular weight excluding hydrogens is 679 g/mol. The largest absolute Gasteiger partial charge is 0.497 e. The molecule has 0 unspecified atom stereocenters. The minimum Gasteiger partial charge on any atom is -0.497 e. The number of hydrogen-bond donors (Lipinski definition) is 2. The number of methoxy groups -OCH3 is 2. The van der Waals surface area contributed by atoms with Crippen molar-refractivity contribution in [1.82, 2.24) is 24.4 Å². The fourth-order valence-electron chi connectivity index (χ4n) is 6.12. The number of carbonyl (C=O) groups is 2. The normalized spacial score (nSPS) is 15.8. The Balaban J connectivity index is 1.58. The van der Waals surface area contributed by atoms with Gasteiger partial charge in [-0.15, -0.1) is 11.3 Å². The highest BCUT2D eigenvalue weighted by Crippen LogP contribution is 2.29. The summed E-state index contributed by atoms with van der Waals surface area (Å²) in [5.74, 6) is 0.0668. The molecule has 0 bridgehead atoms. The van der Waals surface area contributed by atoms with Gasteiger partial charge in [0.2, 0.25) is 15.9 Å². The molecule has 3 aromatic rings. The van der Waals surface area contributed by atoms with Crippen LogP contribution < -0.4 is 10.1 Å². The molecule has 2 heterocycles. The summed E-state index contributed by atoms with van der Waals surface area (Å²) in [7, 11) is -0.895. The van der Waals surface area contributed by atoms with Crippen molar-refractivity contribution in [2.75, 3.05) is 40.4 Å². The molecule has 1 saturated heterocycles. The third-order valence-electron chi connectivity index (χ3n) is 8.47. The van der Waals surface area contributed by atoms with Crippen LogP contribution in [0.5, 0.6) is 5.75 Å². The molecule has 4 rings (SSSR count). The van der Waals surface area contributed by atoms with Crippen LogP contribution in [0, 0.1) is 11.3 Å². The van der Waals surface area contributed by atoms with Crippen molar-refractivity contribution in [1.29, 1.82) is 0 Å². The smallest absolute Gasteiger partial charge is 0.321 e. The second-order valence-electron chi connectivity index (χ2n) is 14.1. The first-order valence-corrected chi connectivity index (χ1v) is 19.1. The number of urea groups is 1. The van der Waals surface area contributed by atoms with Crippen molar-refractivity contribution < 1.29 is 32.6 Å². The molecule has 0 aliphatic carbocycles. The molecule has 0 saturated carbocycles. The molecule has 1 aromatic heterocycles. The fraction of sp³-hybridized carbons (Fsp3) is 0.528. The number of sulfonamides is 1. The summed E-state index contributed by atoms with van der Waals surface area (Å²) in [6, 6.07) is 13.5. The molecule has 3 atom stereocenters. The third kappa shape index (κ3) is 10.0. The second kappa shape index (κ2) is 17.1. The molecule has 1 aliphatic rings. The van der Waals surface area contributed by atoms with Crippen LogP contribution in [0.25, 0.3) is 0 Å². The van der Waals surface area contributed by atoms with Crippen molar-refractivity contribution in [3.05, 3.63) is 76.2 Å². The van der Waals surface area contributed by atoms with Gasteiger partial charge in [-0.2, -0.15) is 4.31 Å². The number of ether oxygens (including phenoxy) is 2. The number of thiazole rings is 1. The monoisotopic (exact) mass is 729 g/mol. The van der Waals surface area contributed by atoms with Crippen LogP contribution in [0.15, 0.2) is 64.9 Å². The standard InChI is InChI=1S/C36H51N5O7S2/c1-25(2)20-40(50(45,46)29-15-13-28(48-7)14-16-29)22-31(42)30(19-26-11-9-8-10-12-26)38-34(43)33(36(3,4)5)41-18-17-39(35(41)44)21-27-24-49-32(37-27)23-47-6/h8-16,24-25,30-31,33,42H,17-23H2,1-7H3,(H,38,43)/t30-,31-,33+/m0/s1. The van der Waals surface area contributed by atoms with Crippen LogP contribution in [0.3, 0.4) is 0 Å². The number of aliphatic hydroxyl groups is 1. The Morgan fingerprint density at radius 2 is 1.74 bits per heavy atom. The summed E-state index contributed by atoms with van der Waals surface area (Å²) in [5.41, 5.74) is 0.957. The van der Waals surface area contributed by atoms with E-state index in [1.807, 2.05) is 70.3 Å². The van der Waals surface area contributed by atoms with E-state index in [4.69, 9.17) is 9.47 Å². The topological polar surface area (TPSA) is 142 Å². The van der Waals surface area contributed by atoms with Gasteiger partial charge in [-0.1, -0.05) is 65.0 Å². The number of nitrogens with zero attached hydrogens (tertiary/aromatic N) is 4. The minimum atomic E-state index is -4.01. The molecule has 2 N–H and O–H groups in total. The van der Waals surface area contributed by atoms with Gasteiger partial charge in [-0.05, 0) is 47.6 Å². The lowest BCUT2D eigenvalue weighted by Gasteiger charge is -2.38. The Labute approximate surface area is 300 Å². The quantitative estimate of drug-likeness (QED) is 0.209. The van der Waals surface area contributed by atoms with Crippen molar-refractivity contribution in [3.8, 4) is 5.75 Å². The first kappa shape index (κ1) is 39.2. The average Bonchev–Trinajstić information content (AvgIpc) is 3.66. The van der Waals surface area contributed by atoms with Crippen LogP contribution in [0.2, 0.25) is 0 Å². The van der Waals surface area contributed by atoms with Crippen LogP contribution in [0.4, 0.5) is 4.79 Å². The predicted molar refractivity (Wildman–Crippen MR) is 193 cm³/mol. The Kier molecular flexibility index (Phi) is 13.4. The maximum Gasteiger partial charge on any atom is 0.321 e. The number of benzene rings is 2. The van der Waals surface area contributed by atoms with Gasteiger partial charge in [0.1, 0.15) is 16.8 Å². The maximum atomic E-state index is 14.3. The Morgan fingerprint density at radius 3 is 2.34 bits per heavy atom. The first-order chi connectivity index (χ1) is 23.6. The zero-order chi connectivity index (χ0) is 36.6. The highest BCUT2D eigenvalue weighted by atomic mass is 32.2. The Hall–Kier alpha value is -3.56. The summed E-state index contributed by atoms with van der Waals surface area (Å²) in [4.78, 5) is 36.0. The van der Waals surface area contributed by atoms with Gasteiger partial charge in [-0.3, -0.25) is 4.79 Å². The average molecular weight is 730 g/mol. The molecular formula is C36H51N5O7S2. The zero-order valence-electron chi connectivity index (χ0n) is 30.0. The first-order valence-electron chi connectivity index (χ1n) is 16.8. The summed E-state index contributed by atoms with van der Waals surface area (Å²) >= 11 is 1.47. The zero-order valence-corrected chi connectivity index (χ0v) is 31.7. The maximum absolute atomic E-state index is 14.3. The van der Waals surface area contributed by atoms with E-state index in [1.165, 1.54) is 34.9 Å². The van der Waals surface area contributed by atoms with Crippen LogP contribution >= 0.6 is 11.3 Å². The van der Waals surface area contributed by atoms with Gasteiger partial charge in [-0.25, -0.2) is 18.2 Å². The van der Waals surface area contributed by atoms with Crippen molar-refractivity contribution in [2.24, 2.45) is 11.3 Å². The van der Waals surface area contributed by atoms with Gasteiger partial charge in [0.25, 0.3) is 0 Å². The summed E-state index contributed by atoms with van der Waals surface area (Å²) in [6.45, 7) is 10.9.